The zero-order valence-corrected chi connectivity index (χ0v) is 8.50. The number of amides is 1. The van der Waals surface area contributed by atoms with Crippen LogP contribution in [0.25, 0.3) is 0 Å². The zero-order chi connectivity index (χ0) is 10.4. The van der Waals surface area contributed by atoms with Crippen LogP contribution < -0.4 is 10.6 Å². The molecule has 0 fully saturated rings. The normalized spacial score (nSPS) is 9.57. The van der Waals surface area contributed by atoms with Crippen molar-refractivity contribution in [3.8, 4) is 0 Å². The second-order valence-electron chi connectivity index (χ2n) is 3.03. The predicted molar refractivity (Wildman–Crippen MR) is 56.1 cm³/mol. The van der Waals surface area contributed by atoms with E-state index in [1.54, 1.807) is 6.20 Å². The van der Waals surface area contributed by atoms with E-state index in [-0.39, 0.29) is 12.5 Å². The summed E-state index contributed by atoms with van der Waals surface area (Å²) in [4.78, 5) is 15.2. The Morgan fingerprint density at radius 1 is 1.50 bits per heavy atom. The largest absolute Gasteiger partial charge is 0.361 e. The lowest BCUT2D eigenvalue weighted by atomic mass is 10.3. The van der Waals surface area contributed by atoms with E-state index in [2.05, 4.69) is 15.6 Å². The minimum Gasteiger partial charge on any atom is -0.361 e. The van der Waals surface area contributed by atoms with Crippen molar-refractivity contribution in [3.63, 3.8) is 0 Å². The van der Waals surface area contributed by atoms with Crippen LogP contribution in [0.1, 0.15) is 12.5 Å². The second-order valence-corrected chi connectivity index (χ2v) is 3.03. The molecule has 1 rings (SSSR count). The van der Waals surface area contributed by atoms with Crippen molar-refractivity contribution < 1.29 is 4.79 Å². The molecule has 0 spiro atoms. The Bertz CT molecular complexity index is 295. The van der Waals surface area contributed by atoms with Crippen molar-refractivity contribution in [1.82, 2.24) is 10.3 Å². The summed E-state index contributed by atoms with van der Waals surface area (Å²) in [5.74, 6) is 0.705. The topological polar surface area (TPSA) is 54.0 Å². The SMILES string of the molecule is CCNC(=O)CNc1ccc(C)cn1. The van der Waals surface area contributed by atoms with Crippen LogP contribution in [0.3, 0.4) is 0 Å². The molecule has 0 radical (unpaired) electrons. The molecule has 1 aromatic heterocycles. The Labute approximate surface area is 83.7 Å². The van der Waals surface area contributed by atoms with E-state index in [0.29, 0.717) is 6.54 Å². The molecule has 0 atom stereocenters. The number of aryl methyl sites for hydroxylation is 1. The van der Waals surface area contributed by atoms with Crippen molar-refractivity contribution in [2.24, 2.45) is 0 Å². The number of likely N-dealkylation sites (N-methyl/N-ethyl adjacent to an activating group) is 1. The van der Waals surface area contributed by atoms with Crippen molar-refractivity contribution >= 4 is 11.7 Å². The average molecular weight is 193 g/mol. The number of rotatable bonds is 4. The number of aromatic nitrogens is 1. The summed E-state index contributed by atoms with van der Waals surface area (Å²) < 4.78 is 0. The Morgan fingerprint density at radius 2 is 2.29 bits per heavy atom. The number of hydrogen-bond acceptors (Lipinski definition) is 3. The maximum Gasteiger partial charge on any atom is 0.239 e. The molecule has 0 unspecified atom stereocenters. The number of nitrogens with one attached hydrogen (secondary N) is 2. The lowest BCUT2D eigenvalue weighted by molar-refractivity contribution is -0.119. The first-order valence-electron chi connectivity index (χ1n) is 4.65. The van der Waals surface area contributed by atoms with Gasteiger partial charge < -0.3 is 10.6 Å². The van der Waals surface area contributed by atoms with Crippen LogP contribution >= 0.6 is 0 Å². The molecule has 76 valence electrons. The van der Waals surface area contributed by atoms with Gasteiger partial charge in [-0.3, -0.25) is 4.79 Å². The Kier molecular flexibility index (Phi) is 3.91. The first-order chi connectivity index (χ1) is 6.72. The zero-order valence-electron chi connectivity index (χ0n) is 8.50. The molecule has 0 aliphatic heterocycles. The molecule has 2 N–H and O–H groups in total. The Morgan fingerprint density at radius 3 is 2.86 bits per heavy atom. The van der Waals surface area contributed by atoms with Gasteiger partial charge in [0.1, 0.15) is 5.82 Å². The second kappa shape index (κ2) is 5.21. The molecule has 0 saturated heterocycles. The van der Waals surface area contributed by atoms with Crippen LogP contribution in [0.2, 0.25) is 0 Å². The summed E-state index contributed by atoms with van der Waals surface area (Å²) in [7, 11) is 0. The van der Waals surface area contributed by atoms with Crippen molar-refractivity contribution in [2.45, 2.75) is 13.8 Å². The van der Waals surface area contributed by atoms with Gasteiger partial charge in [-0.15, -0.1) is 0 Å². The summed E-state index contributed by atoms with van der Waals surface area (Å²) in [5, 5.41) is 5.63. The number of hydrogen-bond donors (Lipinski definition) is 2. The highest BCUT2D eigenvalue weighted by Crippen LogP contribution is 2.02. The van der Waals surface area contributed by atoms with Gasteiger partial charge in [0.2, 0.25) is 5.91 Å². The average Bonchev–Trinajstić information content (AvgIpc) is 2.17. The minimum atomic E-state index is -0.0186. The fraction of sp³-hybridized carbons (Fsp3) is 0.400. The van der Waals surface area contributed by atoms with Crippen molar-refractivity contribution in [2.75, 3.05) is 18.4 Å². The van der Waals surface area contributed by atoms with Gasteiger partial charge in [-0.1, -0.05) is 6.07 Å². The molecular formula is C10H15N3O. The summed E-state index contributed by atoms with van der Waals surface area (Å²) in [6, 6.07) is 3.81. The van der Waals surface area contributed by atoms with Gasteiger partial charge in [0.05, 0.1) is 6.54 Å². The minimum absolute atomic E-state index is 0.0186. The molecule has 14 heavy (non-hydrogen) atoms. The molecule has 0 aliphatic rings. The lowest BCUT2D eigenvalue weighted by Crippen LogP contribution is -2.29. The third-order valence-electron chi connectivity index (χ3n) is 1.72. The van der Waals surface area contributed by atoms with Crippen LogP contribution in [0.15, 0.2) is 18.3 Å². The summed E-state index contributed by atoms with van der Waals surface area (Å²) in [5.41, 5.74) is 1.11. The van der Waals surface area contributed by atoms with Gasteiger partial charge in [-0.05, 0) is 25.5 Å². The molecule has 4 heteroatoms. The number of pyridine rings is 1. The van der Waals surface area contributed by atoms with Crippen LogP contribution in [0.5, 0.6) is 0 Å². The standard InChI is InChI=1S/C10H15N3O/c1-3-11-10(14)7-13-9-5-4-8(2)6-12-9/h4-6H,3,7H2,1-2H3,(H,11,14)(H,12,13). The summed E-state index contributed by atoms with van der Waals surface area (Å²) >= 11 is 0. The van der Waals surface area contributed by atoms with Gasteiger partial charge in [0.25, 0.3) is 0 Å². The van der Waals surface area contributed by atoms with Crippen molar-refractivity contribution in [1.29, 1.82) is 0 Å². The van der Waals surface area contributed by atoms with E-state index in [4.69, 9.17) is 0 Å². The third kappa shape index (κ3) is 3.43. The van der Waals surface area contributed by atoms with Gasteiger partial charge in [-0.25, -0.2) is 4.98 Å². The first kappa shape index (κ1) is 10.5. The number of carbonyl (C=O) groups excluding carboxylic acids is 1. The molecule has 0 aliphatic carbocycles. The van der Waals surface area contributed by atoms with E-state index >= 15 is 0 Å². The van der Waals surface area contributed by atoms with E-state index in [9.17, 15) is 4.79 Å². The molecule has 0 saturated carbocycles. The molecule has 4 nitrogen and oxygen atoms in total. The van der Waals surface area contributed by atoms with Gasteiger partial charge >= 0.3 is 0 Å². The monoisotopic (exact) mass is 193 g/mol. The summed E-state index contributed by atoms with van der Waals surface area (Å²) in [6.07, 6.45) is 1.76. The number of carbonyl (C=O) groups is 1. The predicted octanol–water partition coefficient (Wildman–Crippen LogP) is 0.938. The number of anilines is 1. The lowest BCUT2D eigenvalue weighted by Gasteiger charge is -2.05. The highest BCUT2D eigenvalue weighted by atomic mass is 16.1. The van der Waals surface area contributed by atoms with Crippen LogP contribution in [-0.2, 0) is 4.79 Å². The maximum atomic E-state index is 11.1. The summed E-state index contributed by atoms with van der Waals surface area (Å²) in [6.45, 7) is 4.79. The van der Waals surface area contributed by atoms with Gasteiger partial charge in [0, 0.05) is 12.7 Å². The molecule has 0 aromatic carbocycles. The first-order valence-corrected chi connectivity index (χ1v) is 4.65. The highest BCUT2D eigenvalue weighted by Gasteiger charge is 1.98. The van der Waals surface area contributed by atoms with Gasteiger partial charge in [0.15, 0.2) is 0 Å². The molecule has 1 amide bonds. The van der Waals surface area contributed by atoms with E-state index < -0.39 is 0 Å². The van der Waals surface area contributed by atoms with E-state index in [0.717, 1.165) is 11.4 Å². The third-order valence-corrected chi connectivity index (χ3v) is 1.72. The smallest absolute Gasteiger partial charge is 0.239 e. The maximum absolute atomic E-state index is 11.1. The van der Waals surface area contributed by atoms with E-state index in [1.807, 2.05) is 26.0 Å². The highest BCUT2D eigenvalue weighted by molar-refractivity contribution is 5.80. The Balaban J connectivity index is 2.38. The Hall–Kier alpha value is -1.58. The van der Waals surface area contributed by atoms with Crippen LogP contribution in [0.4, 0.5) is 5.82 Å². The quantitative estimate of drug-likeness (QED) is 0.748. The number of nitrogens with zero attached hydrogens (tertiary/aromatic N) is 1. The van der Waals surface area contributed by atoms with Gasteiger partial charge in [-0.2, -0.15) is 0 Å². The molecule has 1 aromatic rings. The van der Waals surface area contributed by atoms with E-state index in [1.165, 1.54) is 0 Å². The fourth-order valence-corrected chi connectivity index (χ4v) is 1.00. The van der Waals surface area contributed by atoms with Crippen molar-refractivity contribution in [3.05, 3.63) is 23.9 Å². The molecular weight excluding hydrogens is 178 g/mol. The van der Waals surface area contributed by atoms with Crippen LogP contribution in [0, 0.1) is 6.92 Å². The molecule has 0 bridgehead atoms. The van der Waals surface area contributed by atoms with Crippen LogP contribution in [-0.4, -0.2) is 24.0 Å². The fourth-order valence-electron chi connectivity index (χ4n) is 1.00. The molecule has 1 heterocycles.